The number of hydrogen-bond donors (Lipinski definition) is 2. The van der Waals surface area contributed by atoms with Gasteiger partial charge in [-0.05, 0) is 37.7 Å². The van der Waals surface area contributed by atoms with Gasteiger partial charge in [0.25, 0.3) is 0 Å². The normalized spacial score (nSPS) is 13.3. The van der Waals surface area contributed by atoms with Crippen molar-refractivity contribution < 1.29 is 23.1 Å². The molecule has 1 atom stereocenters. The lowest BCUT2D eigenvalue weighted by Gasteiger charge is -2.21. The van der Waals surface area contributed by atoms with Crippen LogP contribution >= 0.6 is 11.6 Å². The molecular weight excluding hydrogens is 309 g/mol. The van der Waals surface area contributed by atoms with Crippen LogP contribution < -0.4 is 5.32 Å². The first-order chi connectivity index (χ1) is 9.59. The number of benzene rings is 1. The van der Waals surface area contributed by atoms with E-state index >= 15 is 0 Å². The largest absolute Gasteiger partial charge is 0.415 e. The lowest BCUT2D eigenvalue weighted by atomic mass is 10.2. The van der Waals surface area contributed by atoms with E-state index in [9.17, 15) is 18.0 Å². The van der Waals surface area contributed by atoms with E-state index in [1.54, 1.807) is 25.1 Å². The Balaban J connectivity index is 2.53. The van der Waals surface area contributed by atoms with E-state index in [-0.39, 0.29) is 6.54 Å². The van der Waals surface area contributed by atoms with Crippen LogP contribution in [0.4, 0.5) is 18.9 Å². The maximum absolute atomic E-state index is 12.2. The van der Waals surface area contributed by atoms with Gasteiger partial charge in [-0.3, -0.25) is 9.69 Å². The number of nitrogens with zero attached hydrogens (tertiary/aromatic N) is 1. The second-order valence-electron chi connectivity index (χ2n) is 4.76. The third-order valence-corrected chi connectivity index (χ3v) is 2.97. The van der Waals surface area contributed by atoms with E-state index in [4.69, 9.17) is 16.7 Å². The highest BCUT2D eigenvalue weighted by molar-refractivity contribution is 6.30. The number of hydrogen-bond acceptors (Lipinski definition) is 3. The molecule has 0 bridgehead atoms. The highest BCUT2D eigenvalue weighted by atomic mass is 35.5. The maximum atomic E-state index is 12.2. The van der Waals surface area contributed by atoms with Crippen LogP contribution in [-0.4, -0.2) is 48.3 Å². The van der Waals surface area contributed by atoms with Gasteiger partial charge in [0.2, 0.25) is 5.91 Å². The Labute approximate surface area is 125 Å². The molecule has 0 aliphatic heterocycles. The fourth-order valence-corrected chi connectivity index (χ4v) is 1.89. The van der Waals surface area contributed by atoms with Gasteiger partial charge in [0.05, 0.1) is 6.54 Å². The summed E-state index contributed by atoms with van der Waals surface area (Å²) in [5, 5.41) is 12.0. The molecule has 0 heterocycles. The molecule has 1 aromatic rings. The van der Waals surface area contributed by atoms with Gasteiger partial charge in [-0.15, -0.1) is 0 Å². The first-order valence-electron chi connectivity index (χ1n) is 6.09. The number of likely N-dealkylation sites (N-methyl/N-ethyl adjacent to an activating group) is 1. The van der Waals surface area contributed by atoms with Crippen LogP contribution in [0.5, 0.6) is 0 Å². The minimum atomic E-state index is -4.70. The van der Waals surface area contributed by atoms with Crippen molar-refractivity contribution in [2.24, 2.45) is 0 Å². The van der Waals surface area contributed by atoms with Crippen LogP contribution in [0.1, 0.15) is 5.56 Å². The number of carbonyl (C=O) groups excluding carboxylic acids is 1. The fraction of sp³-hybridized carbons (Fsp3) is 0.462. The van der Waals surface area contributed by atoms with Crippen molar-refractivity contribution in [3.05, 3.63) is 28.8 Å². The molecule has 1 amide bonds. The van der Waals surface area contributed by atoms with E-state index in [1.807, 2.05) is 0 Å². The maximum Gasteiger partial charge on any atom is 0.415 e. The molecule has 118 valence electrons. The lowest BCUT2D eigenvalue weighted by molar-refractivity contribution is -0.207. The first-order valence-corrected chi connectivity index (χ1v) is 6.46. The number of aliphatic hydroxyl groups excluding tert-OH is 1. The standard InChI is InChI=1S/C13H16ClF3N2O2/c1-8-5-9(14)3-4-10(8)18-12(21)7-19(2)6-11(20)13(15,16)17/h3-5,11,20H,6-7H2,1-2H3,(H,18,21). The number of aryl methyl sites for hydroxylation is 1. The molecule has 0 radical (unpaired) electrons. The van der Waals surface area contributed by atoms with Crippen molar-refractivity contribution in [3.63, 3.8) is 0 Å². The fourth-order valence-electron chi connectivity index (χ4n) is 1.67. The Morgan fingerprint density at radius 3 is 2.62 bits per heavy atom. The molecule has 0 aliphatic carbocycles. The zero-order chi connectivity index (χ0) is 16.2. The molecule has 21 heavy (non-hydrogen) atoms. The second kappa shape index (κ2) is 7.11. The van der Waals surface area contributed by atoms with E-state index < -0.39 is 24.7 Å². The van der Waals surface area contributed by atoms with Gasteiger partial charge in [-0.2, -0.15) is 13.2 Å². The van der Waals surface area contributed by atoms with E-state index in [1.165, 1.54) is 7.05 Å². The summed E-state index contributed by atoms with van der Waals surface area (Å²) in [7, 11) is 1.32. The van der Waals surface area contributed by atoms with Gasteiger partial charge < -0.3 is 10.4 Å². The number of anilines is 1. The number of carbonyl (C=O) groups is 1. The van der Waals surface area contributed by atoms with Crippen molar-refractivity contribution in [1.29, 1.82) is 0 Å². The minimum absolute atomic E-state index is 0.269. The summed E-state index contributed by atoms with van der Waals surface area (Å²) in [5.74, 6) is -0.475. The molecule has 1 aromatic carbocycles. The lowest BCUT2D eigenvalue weighted by Crippen LogP contribution is -2.42. The number of nitrogens with one attached hydrogen (secondary N) is 1. The zero-order valence-electron chi connectivity index (χ0n) is 11.5. The Kier molecular flexibility index (Phi) is 6.00. The summed E-state index contributed by atoms with van der Waals surface area (Å²) in [6, 6.07) is 4.87. The van der Waals surface area contributed by atoms with E-state index in [0.29, 0.717) is 10.7 Å². The van der Waals surface area contributed by atoms with Gasteiger partial charge in [0.1, 0.15) is 0 Å². The molecule has 0 saturated heterocycles. The molecule has 8 heteroatoms. The first kappa shape index (κ1) is 17.7. The molecule has 0 spiro atoms. The van der Waals surface area contributed by atoms with Gasteiger partial charge in [-0.1, -0.05) is 11.6 Å². The number of rotatable bonds is 5. The predicted octanol–water partition coefficient (Wildman–Crippen LogP) is 2.44. The smallest absolute Gasteiger partial charge is 0.382 e. The highest BCUT2D eigenvalue weighted by Gasteiger charge is 2.38. The molecule has 0 aliphatic rings. The number of aliphatic hydroxyl groups is 1. The molecule has 4 nitrogen and oxygen atoms in total. The summed E-state index contributed by atoms with van der Waals surface area (Å²) in [6.07, 6.45) is -7.18. The molecule has 0 aromatic heterocycles. The second-order valence-corrected chi connectivity index (χ2v) is 5.20. The zero-order valence-corrected chi connectivity index (χ0v) is 12.3. The summed E-state index contributed by atoms with van der Waals surface area (Å²) < 4.78 is 36.6. The summed E-state index contributed by atoms with van der Waals surface area (Å²) in [5.41, 5.74) is 1.28. The van der Waals surface area contributed by atoms with Gasteiger partial charge in [0, 0.05) is 17.3 Å². The Hall–Kier alpha value is -1.31. The van der Waals surface area contributed by atoms with Crippen LogP contribution in [0.3, 0.4) is 0 Å². The topological polar surface area (TPSA) is 52.6 Å². The molecule has 1 rings (SSSR count). The minimum Gasteiger partial charge on any atom is -0.382 e. The summed E-state index contributed by atoms with van der Waals surface area (Å²) in [6.45, 7) is 0.810. The molecule has 2 N–H and O–H groups in total. The van der Waals surface area contributed by atoms with Crippen molar-refractivity contribution in [1.82, 2.24) is 4.90 Å². The Morgan fingerprint density at radius 1 is 1.48 bits per heavy atom. The predicted molar refractivity (Wildman–Crippen MR) is 74.4 cm³/mol. The summed E-state index contributed by atoms with van der Waals surface area (Å²) >= 11 is 5.78. The van der Waals surface area contributed by atoms with Crippen LogP contribution in [0, 0.1) is 6.92 Å². The number of halogens is 4. The van der Waals surface area contributed by atoms with Gasteiger partial charge in [-0.25, -0.2) is 0 Å². The monoisotopic (exact) mass is 324 g/mol. The van der Waals surface area contributed by atoms with E-state index in [2.05, 4.69) is 5.32 Å². The van der Waals surface area contributed by atoms with E-state index in [0.717, 1.165) is 10.5 Å². The van der Waals surface area contributed by atoms with Crippen LogP contribution in [0.25, 0.3) is 0 Å². The van der Waals surface area contributed by atoms with Gasteiger partial charge >= 0.3 is 6.18 Å². The van der Waals surface area contributed by atoms with Crippen molar-refractivity contribution in [2.45, 2.75) is 19.2 Å². The quantitative estimate of drug-likeness (QED) is 0.874. The van der Waals surface area contributed by atoms with Crippen molar-refractivity contribution in [2.75, 3.05) is 25.5 Å². The van der Waals surface area contributed by atoms with Crippen molar-refractivity contribution in [3.8, 4) is 0 Å². The van der Waals surface area contributed by atoms with Gasteiger partial charge in [0.15, 0.2) is 6.10 Å². The molecular formula is C13H16ClF3N2O2. The van der Waals surface area contributed by atoms with Crippen LogP contribution in [0.2, 0.25) is 5.02 Å². The molecule has 0 saturated carbocycles. The third-order valence-electron chi connectivity index (χ3n) is 2.74. The average Bonchev–Trinajstić information content (AvgIpc) is 2.31. The number of alkyl halides is 3. The third kappa shape index (κ3) is 5.91. The average molecular weight is 325 g/mol. The Bertz CT molecular complexity index is 509. The van der Waals surface area contributed by atoms with Crippen LogP contribution in [0.15, 0.2) is 18.2 Å². The molecule has 1 unspecified atom stereocenters. The van der Waals surface area contributed by atoms with Crippen LogP contribution in [-0.2, 0) is 4.79 Å². The Morgan fingerprint density at radius 2 is 2.10 bits per heavy atom. The summed E-state index contributed by atoms with van der Waals surface area (Å²) in [4.78, 5) is 12.8. The SMILES string of the molecule is Cc1cc(Cl)ccc1NC(=O)CN(C)CC(O)C(F)(F)F. The number of amides is 1. The molecule has 0 fully saturated rings. The van der Waals surface area contributed by atoms with Crippen molar-refractivity contribution >= 4 is 23.2 Å². The highest BCUT2D eigenvalue weighted by Crippen LogP contribution is 2.21.